The zero-order valence-electron chi connectivity index (χ0n) is 18.2. The summed E-state index contributed by atoms with van der Waals surface area (Å²) < 4.78 is 32.6. The predicted molar refractivity (Wildman–Crippen MR) is 125 cm³/mol. The Balaban J connectivity index is 1.52. The number of aliphatic imine (C=N–C) groups is 1. The van der Waals surface area contributed by atoms with Gasteiger partial charge in [-0.15, -0.1) is 0 Å². The largest absolute Gasteiger partial charge is 0.455 e. The lowest BCUT2D eigenvalue weighted by molar-refractivity contribution is -0.0237. The van der Waals surface area contributed by atoms with Gasteiger partial charge < -0.3 is 19.9 Å². The van der Waals surface area contributed by atoms with Crippen LogP contribution in [0, 0.1) is 11.9 Å². The Morgan fingerprint density at radius 3 is 2.68 bits per heavy atom. The van der Waals surface area contributed by atoms with Gasteiger partial charge in [0.25, 0.3) is 0 Å². The van der Waals surface area contributed by atoms with Crippen LogP contribution in [-0.2, 0) is 15.0 Å². The molecule has 9 heteroatoms. The molecule has 3 aromatic rings. The summed E-state index contributed by atoms with van der Waals surface area (Å²) in [5.41, 5.74) is 8.02. The van der Waals surface area contributed by atoms with Gasteiger partial charge in [-0.25, -0.2) is 9.97 Å². The van der Waals surface area contributed by atoms with E-state index in [1.807, 2.05) is 6.07 Å². The number of halogens is 2. The summed E-state index contributed by atoms with van der Waals surface area (Å²) in [4.78, 5) is 13.0. The predicted octanol–water partition coefficient (Wildman–Crippen LogP) is 4.47. The molecule has 174 valence electrons. The van der Waals surface area contributed by atoms with Crippen molar-refractivity contribution in [3.63, 3.8) is 0 Å². The third-order valence-electron chi connectivity index (χ3n) is 6.77. The lowest BCUT2D eigenvalue weighted by Gasteiger charge is -2.43. The molecule has 2 atom stereocenters. The van der Waals surface area contributed by atoms with Gasteiger partial charge in [0.05, 0.1) is 12.8 Å². The van der Waals surface area contributed by atoms with Crippen molar-refractivity contribution in [3.05, 3.63) is 71.0 Å². The number of hydrogen-bond acceptors (Lipinski definition) is 7. The Bertz CT molecular complexity index is 1300. The molecule has 0 amide bonds. The fourth-order valence-corrected chi connectivity index (χ4v) is 5.24. The van der Waals surface area contributed by atoms with Crippen LogP contribution in [0.15, 0.2) is 53.8 Å². The van der Waals surface area contributed by atoms with E-state index in [9.17, 15) is 4.39 Å². The van der Waals surface area contributed by atoms with Gasteiger partial charge >= 0.3 is 0 Å². The minimum absolute atomic E-state index is 0.235. The first-order valence-electron chi connectivity index (χ1n) is 11.2. The van der Waals surface area contributed by atoms with Crippen LogP contribution in [0.1, 0.15) is 24.0 Å². The minimum Gasteiger partial charge on any atom is -0.455 e. The standard InChI is InChI=1S/C25H22ClFN4O3/c26-21-11-18-20(12-30-21)34-19-4-3-15(16-2-1-7-29-23(16)27)10-17(19)25(18)13-33-22(24(28)31-25)14-5-8-32-9-6-14/h1-4,7,10-12,14,22H,5-6,8-9,13H2,(H2,28,31)/t22-,25+/m0/s1. The Morgan fingerprint density at radius 2 is 1.88 bits per heavy atom. The van der Waals surface area contributed by atoms with Crippen LogP contribution in [0.25, 0.3) is 11.1 Å². The fraction of sp³-hybridized carbons (Fsp3) is 0.320. The molecule has 0 bridgehead atoms. The number of ether oxygens (including phenoxy) is 3. The third kappa shape index (κ3) is 3.45. The van der Waals surface area contributed by atoms with Gasteiger partial charge in [-0.2, -0.15) is 4.39 Å². The summed E-state index contributed by atoms with van der Waals surface area (Å²) in [6, 6.07) is 10.6. The molecule has 3 aliphatic heterocycles. The zero-order valence-corrected chi connectivity index (χ0v) is 19.0. The Hall–Kier alpha value is -3.07. The van der Waals surface area contributed by atoms with Crippen molar-refractivity contribution in [3.8, 4) is 22.6 Å². The van der Waals surface area contributed by atoms with E-state index in [4.69, 9.17) is 36.5 Å². The molecular weight excluding hydrogens is 459 g/mol. The lowest BCUT2D eigenvalue weighted by Crippen LogP contribution is -2.50. The quantitative estimate of drug-likeness (QED) is 0.544. The van der Waals surface area contributed by atoms with Gasteiger partial charge in [-0.1, -0.05) is 17.7 Å². The molecule has 0 saturated carbocycles. The highest BCUT2D eigenvalue weighted by Gasteiger charge is 2.48. The second-order valence-electron chi connectivity index (χ2n) is 8.74. The number of benzene rings is 1. The number of fused-ring (bicyclic) bond motifs is 4. The second-order valence-corrected chi connectivity index (χ2v) is 9.12. The minimum atomic E-state index is -1.00. The number of nitrogens with two attached hydrogens (primary N) is 1. The molecule has 0 radical (unpaired) electrons. The van der Waals surface area contributed by atoms with Gasteiger partial charge in [0.2, 0.25) is 5.95 Å². The molecule has 2 N–H and O–H groups in total. The van der Waals surface area contributed by atoms with Crippen LogP contribution in [0.5, 0.6) is 11.5 Å². The number of aromatic nitrogens is 2. The number of rotatable bonds is 2. The van der Waals surface area contributed by atoms with Crippen LogP contribution in [-0.4, -0.2) is 41.7 Å². The van der Waals surface area contributed by atoms with Crippen LogP contribution in [0.3, 0.4) is 0 Å². The van der Waals surface area contributed by atoms with Gasteiger partial charge in [0.15, 0.2) is 5.75 Å². The summed E-state index contributed by atoms with van der Waals surface area (Å²) in [5.74, 6) is 1.22. The van der Waals surface area contributed by atoms with Gasteiger partial charge in [0.1, 0.15) is 28.4 Å². The average molecular weight is 481 g/mol. The molecule has 1 aromatic carbocycles. The molecule has 0 unspecified atom stereocenters. The van der Waals surface area contributed by atoms with E-state index < -0.39 is 11.5 Å². The van der Waals surface area contributed by atoms with E-state index in [1.54, 1.807) is 36.5 Å². The monoisotopic (exact) mass is 480 g/mol. The number of hydrogen-bond donors (Lipinski definition) is 1. The van der Waals surface area contributed by atoms with E-state index >= 15 is 0 Å². The summed E-state index contributed by atoms with van der Waals surface area (Å²) >= 11 is 6.28. The highest BCUT2D eigenvalue weighted by molar-refractivity contribution is 6.29. The van der Waals surface area contributed by atoms with Crippen molar-refractivity contribution in [1.29, 1.82) is 0 Å². The molecule has 6 rings (SSSR count). The zero-order chi connectivity index (χ0) is 23.3. The number of nitrogens with zero attached hydrogens (tertiary/aromatic N) is 3. The van der Waals surface area contributed by atoms with E-state index in [0.29, 0.717) is 52.4 Å². The van der Waals surface area contributed by atoms with Crippen LogP contribution < -0.4 is 10.5 Å². The Kier molecular flexibility index (Phi) is 5.24. The van der Waals surface area contributed by atoms with Gasteiger partial charge in [0, 0.05) is 36.1 Å². The highest BCUT2D eigenvalue weighted by atomic mass is 35.5. The van der Waals surface area contributed by atoms with E-state index in [0.717, 1.165) is 18.4 Å². The maximum atomic E-state index is 14.5. The van der Waals surface area contributed by atoms with E-state index in [1.165, 1.54) is 6.20 Å². The highest BCUT2D eigenvalue weighted by Crippen LogP contribution is 2.52. The molecule has 1 spiro atoms. The Labute approximate surface area is 200 Å². The van der Waals surface area contributed by atoms with Crippen LogP contribution >= 0.6 is 11.6 Å². The average Bonchev–Trinajstić information content (AvgIpc) is 2.86. The van der Waals surface area contributed by atoms with Crippen molar-refractivity contribution >= 4 is 17.4 Å². The second kappa shape index (κ2) is 8.30. The summed E-state index contributed by atoms with van der Waals surface area (Å²) in [6.07, 6.45) is 4.44. The maximum Gasteiger partial charge on any atom is 0.220 e. The van der Waals surface area contributed by atoms with Gasteiger partial charge in [-0.3, -0.25) is 4.99 Å². The van der Waals surface area contributed by atoms with Gasteiger partial charge in [-0.05, 0) is 54.7 Å². The van der Waals surface area contributed by atoms with E-state index in [-0.39, 0.29) is 18.6 Å². The lowest BCUT2D eigenvalue weighted by atomic mass is 9.79. The van der Waals surface area contributed by atoms with Crippen molar-refractivity contribution in [2.75, 3.05) is 19.8 Å². The first-order valence-corrected chi connectivity index (χ1v) is 11.6. The van der Waals surface area contributed by atoms with Crippen molar-refractivity contribution in [1.82, 2.24) is 9.97 Å². The van der Waals surface area contributed by atoms with Crippen molar-refractivity contribution in [2.24, 2.45) is 16.6 Å². The molecule has 2 aromatic heterocycles. The number of amidine groups is 1. The van der Waals surface area contributed by atoms with Crippen LogP contribution in [0.2, 0.25) is 5.15 Å². The van der Waals surface area contributed by atoms with Crippen molar-refractivity contribution in [2.45, 2.75) is 24.5 Å². The molecular formula is C25H22ClFN4O3. The SMILES string of the molecule is NC1=N[C@]2(CO[C@H]1C1CCOCC1)c1cc(-c3cccnc3F)ccc1Oc1cnc(Cl)cc12. The molecule has 7 nitrogen and oxygen atoms in total. The fourth-order valence-electron chi connectivity index (χ4n) is 5.08. The maximum absolute atomic E-state index is 14.5. The molecule has 1 fully saturated rings. The molecule has 1 saturated heterocycles. The van der Waals surface area contributed by atoms with Crippen LogP contribution in [0.4, 0.5) is 4.39 Å². The normalized spacial score (nSPS) is 24.2. The topological polar surface area (TPSA) is 91.9 Å². The third-order valence-corrected chi connectivity index (χ3v) is 6.98. The first-order chi connectivity index (χ1) is 16.5. The van der Waals surface area contributed by atoms with Crippen molar-refractivity contribution < 1.29 is 18.6 Å². The smallest absolute Gasteiger partial charge is 0.220 e. The molecule has 5 heterocycles. The molecule has 34 heavy (non-hydrogen) atoms. The Morgan fingerprint density at radius 1 is 1.06 bits per heavy atom. The first kappa shape index (κ1) is 21.5. The summed E-state index contributed by atoms with van der Waals surface area (Å²) in [7, 11) is 0. The summed E-state index contributed by atoms with van der Waals surface area (Å²) in [6.45, 7) is 1.60. The summed E-state index contributed by atoms with van der Waals surface area (Å²) in [5, 5.41) is 0.306. The van der Waals surface area contributed by atoms with E-state index in [2.05, 4.69) is 9.97 Å². The molecule has 3 aliphatic rings. The molecule has 0 aliphatic carbocycles. The number of pyridine rings is 2.